The number of hydrogen-bond donors (Lipinski definition) is 1. The topological polar surface area (TPSA) is 12.0 Å². The van der Waals surface area contributed by atoms with E-state index in [4.69, 9.17) is 0 Å². The Morgan fingerprint density at radius 2 is 1.71 bits per heavy atom. The molecule has 0 radical (unpaired) electrons. The van der Waals surface area contributed by atoms with Crippen molar-refractivity contribution in [2.75, 3.05) is 6.54 Å². The zero-order chi connectivity index (χ0) is 15.2. The van der Waals surface area contributed by atoms with Gasteiger partial charge in [-0.1, -0.05) is 47.1 Å². The first kappa shape index (κ1) is 16.1. The molecule has 0 saturated carbocycles. The van der Waals surface area contributed by atoms with Gasteiger partial charge in [0.1, 0.15) is 11.6 Å². The Morgan fingerprint density at radius 1 is 1.05 bits per heavy atom. The molecule has 0 aromatic heterocycles. The van der Waals surface area contributed by atoms with Crippen molar-refractivity contribution in [1.29, 1.82) is 0 Å². The Labute approximate surface area is 132 Å². The fourth-order valence-corrected chi connectivity index (χ4v) is 2.77. The lowest BCUT2D eigenvalue weighted by atomic mass is 9.97. The van der Waals surface area contributed by atoms with Crippen LogP contribution in [0.15, 0.2) is 46.9 Å². The lowest BCUT2D eigenvalue weighted by molar-refractivity contribution is 0.464. The van der Waals surface area contributed by atoms with E-state index in [2.05, 4.69) is 21.2 Å². The van der Waals surface area contributed by atoms with Gasteiger partial charge in [-0.25, -0.2) is 8.78 Å². The summed E-state index contributed by atoms with van der Waals surface area (Å²) >= 11 is 3.49. The molecule has 0 heterocycles. The lowest BCUT2D eigenvalue weighted by Gasteiger charge is -2.21. The molecule has 0 saturated heterocycles. The summed E-state index contributed by atoms with van der Waals surface area (Å²) in [7, 11) is 0. The number of rotatable bonds is 6. The minimum Gasteiger partial charge on any atom is -0.309 e. The van der Waals surface area contributed by atoms with Crippen LogP contribution >= 0.6 is 15.9 Å². The van der Waals surface area contributed by atoms with Crippen LogP contribution in [0.3, 0.4) is 0 Å². The van der Waals surface area contributed by atoms with Crippen LogP contribution in [0.1, 0.15) is 30.5 Å². The molecular formula is C17H18BrF2N. The molecular weight excluding hydrogens is 336 g/mol. The standard InChI is InChI=1S/C17H18BrF2N/c1-2-10-21-16(11-12-6-3-4-7-13(12)18)17-14(19)8-5-9-15(17)20/h3-9,16,21H,2,10-11H2,1H3. The van der Waals surface area contributed by atoms with Gasteiger partial charge in [0.2, 0.25) is 0 Å². The fraction of sp³-hybridized carbons (Fsp3) is 0.294. The maximum Gasteiger partial charge on any atom is 0.130 e. The van der Waals surface area contributed by atoms with Gasteiger partial charge >= 0.3 is 0 Å². The van der Waals surface area contributed by atoms with Gasteiger partial charge in [-0.3, -0.25) is 0 Å². The maximum absolute atomic E-state index is 14.0. The molecule has 2 aromatic rings. The van der Waals surface area contributed by atoms with Crippen molar-refractivity contribution in [3.63, 3.8) is 0 Å². The second-order valence-electron chi connectivity index (χ2n) is 4.94. The summed E-state index contributed by atoms with van der Waals surface area (Å²) in [6, 6.07) is 11.4. The summed E-state index contributed by atoms with van der Waals surface area (Å²) in [6.45, 7) is 2.74. The lowest BCUT2D eigenvalue weighted by Crippen LogP contribution is -2.26. The Balaban J connectivity index is 2.32. The molecule has 0 bridgehead atoms. The third kappa shape index (κ3) is 4.11. The summed E-state index contributed by atoms with van der Waals surface area (Å²) in [5.74, 6) is -1.01. The maximum atomic E-state index is 14.0. The average molecular weight is 354 g/mol. The number of hydrogen-bond acceptors (Lipinski definition) is 1. The second-order valence-corrected chi connectivity index (χ2v) is 5.79. The quantitative estimate of drug-likeness (QED) is 0.769. The van der Waals surface area contributed by atoms with Crippen LogP contribution in [-0.2, 0) is 6.42 Å². The molecule has 0 fully saturated rings. The van der Waals surface area contributed by atoms with E-state index in [1.807, 2.05) is 31.2 Å². The van der Waals surface area contributed by atoms with Crippen molar-refractivity contribution >= 4 is 15.9 Å². The van der Waals surface area contributed by atoms with Gasteiger partial charge in [-0.2, -0.15) is 0 Å². The van der Waals surface area contributed by atoms with E-state index >= 15 is 0 Å². The van der Waals surface area contributed by atoms with E-state index in [1.165, 1.54) is 18.2 Å². The molecule has 2 rings (SSSR count). The van der Waals surface area contributed by atoms with Crippen LogP contribution in [0.25, 0.3) is 0 Å². The molecule has 1 nitrogen and oxygen atoms in total. The summed E-state index contributed by atoms with van der Waals surface area (Å²) < 4.78 is 29.0. The molecule has 21 heavy (non-hydrogen) atoms. The highest BCUT2D eigenvalue weighted by Gasteiger charge is 2.20. The summed E-state index contributed by atoms with van der Waals surface area (Å²) in [6.07, 6.45) is 1.43. The smallest absolute Gasteiger partial charge is 0.130 e. The van der Waals surface area contributed by atoms with Crippen molar-refractivity contribution in [3.05, 3.63) is 69.7 Å². The van der Waals surface area contributed by atoms with Gasteiger partial charge in [0.25, 0.3) is 0 Å². The molecule has 1 N–H and O–H groups in total. The summed E-state index contributed by atoms with van der Waals surface area (Å²) in [5, 5.41) is 3.24. The first-order valence-corrected chi connectivity index (χ1v) is 7.83. The first-order chi connectivity index (χ1) is 10.1. The number of benzene rings is 2. The van der Waals surface area contributed by atoms with E-state index in [9.17, 15) is 8.78 Å². The van der Waals surface area contributed by atoms with E-state index < -0.39 is 11.6 Å². The second kappa shape index (κ2) is 7.66. The average Bonchev–Trinajstić information content (AvgIpc) is 2.46. The Bertz CT molecular complexity index is 581. The molecule has 4 heteroatoms. The van der Waals surface area contributed by atoms with Gasteiger partial charge < -0.3 is 5.32 Å². The van der Waals surface area contributed by atoms with Crippen molar-refractivity contribution < 1.29 is 8.78 Å². The van der Waals surface area contributed by atoms with Crippen molar-refractivity contribution in [3.8, 4) is 0 Å². The highest BCUT2D eigenvalue weighted by atomic mass is 79.9. The largest absolute Gasteiger partial charge is 0.309 e. The highest BCUT2D eigenvalue weighted by Crippen LogP contribution is 2.27. The van der Waals surface area contributed by atoms with E-state index in [0.29, 0.717) is 13.0 Å². The highest BCUT2D eigenvalue weighted by molar-refractivity contribution is 9.10. The third-order valence-electron chi connectivity index (χ3n) is 3.37. The van der Waals surface area contributed by atoms with Crippen LogP contribution in [0.5, 0.6) is 0 Å². The van der Waals surface area contributed by atoms with Crippen molar-refractivity contribution in [1.82, 2.24) is 5.32 Å². The zero-order valence-corrected chi connectivity index (χ0v) is 13.5. The molecule has 0 aliphatic carbocycles. The van der Waals surface area contributed by atoms with Crippen LogP contribution < -0.4 is 5.32 Å². The first-order valence-electron chi connectivity index (χ1n) is 7.04. The van der Waals surface area contributed by atoms with Gasteiger partial charge in [0.05, 0.1) is 0 Å². The fourth-order valence-electron chi connectivity index (χ4n) is 2.32. The van der Waals surface area contributed by atoms with Crippen molar-refractivity contribution in [2.24, 2.45) is 0 Å². The zero-order valence-electron chi connectivity index (χ0n) is 11.9. The third-order valence-corrected chi connectivity index (χ3v) is 4.14. The van der Waals surface area contributed by atoms with E-state index in [0.717, 1.165) is 16.5 Å². The molecule has 1 unspecified atom stereocenters. The molecule has 1 atom stereocenters. The number of halogens is 3. The van der Waals surface area contributed by atoms with E-state index in [1.54, 1.807) is 0 Å². The minimum absolute atomic E-state index is 0.113. The van der Waals surface area contributed by atoms with Gasteiger partial charge in [-0.05, 0) is 43.1 Å². The number of nitrogens with one attached hydrogen (secondary N) is 1. The molecule has 0 spiro atoms. The monoisotopic (exact) mass is 353 g/mol. The molecule has 2 aromatic carbocycles. The van der Waals surface area contributed by atoms with Gasteiger partial charge in [0, 0.05) is 16.1 Å². The van der Waals surface area contributed by atoms with Crippen molar-refractivity contribution in [2.45, 2.75) is 25.8 Å². The molecule has 0 aliphatic heterocycles. The van der Waals surface area contributed by atoms with E-state index in [-0.39, 0.29) is 11.6 Å². The van der Waals surface area contributed by atoms with Gasteiger partial charge in [0.15, 0.2) is 0 Å². The summed E-state index contributed by atoms with van der Waals surface area (Å²) in [4.78, 5) is 0. The predicted molar refractivity (Wildman–Crippen MR) is 85.2 cm³/mol. The molecule has 112 valence electrons. The van der Waals surface area contributed by atoms with Crippen LogP contribution in [0, 0.1) is 11.6 Å². The minimum atomic E-state index is -0.504. The Hall–Kier alpha value is -1.26. The van der Waals surface area contributed by atoms with Crippen LogP contribution in [-0.4, -0.2) is 6.54 Å². The van der Waals surface area contributed by atoms with Crippen LogP contribution in [0.4, 0.5) is 8.78 Å². The molecule has 0 amide bonds. The normalized spacial score (nSPS) is 12.4. The van der Waals surface area contributed by atoms with Gasteiger partial charge in [-0.15, -0.1) is 0 Å². The SMILES string of the molecule is CCCNC(Cc1ccccc1Br)c1c(F)cccc1F. The summed E-state index contributed by atoms with van der Waals surface area (Å²) in [5.41, 5.74) is 1.13. The predicted octanol–water partition coefficient (Wildman–Crippen LogP) is 5.01. The van der Waals surface area contributed by atoms with Crippen LogP contribution in [0.2, 0.25) is 0 Å². The Kier molecular flexibility index (Phi) is 5.88. The Morgan fingerprint density at radius 3 is 2.33 bits per heavy atom. The molecule has 0 aliphatic rings.